The van der Waals surface area contributed by atoms with E-state index >= 15 is 0 Å². The van der Waals surface area contributed by atoms with Crippen molar-refractivity contribution in [1.29, 1.82) is 0 Å². The molecule has 0 radical (unpaired) electrons. The average molecular weight is 426 g/mol. The number of carboxylic acid groups (broad SMARTS) is 1. The van der Waals surface area contributed by atoms with Crippen molar-refractivity contribution < 1.29 is 24.1 Å². The number of halogens is 2. The smallest absolute Gasteiger partial charge is 0.407 e. The van der Waals surface area contributed by atoms with E-state index in [1.54, 1.807) is 31.4 Å². The standard InChI is InChI=1S/C20H21Cl2NO5/c1-26-15-3-5-16(6-4-15)27-13-20(14-2-7-17(21)18(22)12-14)8-9-23(19(24)25)10-11-28-20/h2-7,12H,8-11,13H2,1H3,(H,24,25)/t20-/m1/s1. The maximum absolute atomic E-state index is 11.4. The predicted octanol–water partition coefficient (Wildman–Crippen LogP) is 4.68. The first-order valence-corrected chi connectivity index (χ1v) is 9.53. The Bertz CT molecular complexity index is 830. The second-order valence-corrected chi connectivity index (χ2v) is 7.27. The summed E-state index contributed by atoms with van der Waals surface area (Å²) in [5.41, 5.74) is -0.0547. The van der Waals surface area contributed by atoms with Crippen LogP contribution < -0.4 is 9.47 Å². The highest BCUT2D eigenvalue weighted by Gasteiger charge is 2.38. The number of rotatable bonds is 5. The van der Waals surface area contributed by atoms with Crippen molar-refractivity contribution in [2.45, 2.75) is 12.0 Å². The summed E-state index contributed by atoms with van der Waals surface area (Å²) in [6.07, 6.45) is -0.544. The van der Waals surface area contributed by atoms with Gasteiger partial charge in [-0.15, -0.1) is 0 Å². The third-order valence-corrected chi connectivity index (χ3v) is 5.51. The minimum Gasteiger partial charge on any atom is -0.497 e. The van der Waals surface area contributed by atoms with E-state index in [9.17, 15) is 9.90 Å². The second kappa shape index (κ2) is 8.90. The molecule has 1 fully saturated rings. The Kier molecular flexibility index (Phi) is 6.54. The minimum atomic E-state index is -0.968. The zero-order valence-corrected chi connectivity index (χ0v) is 16.9. The molecule has 0 unspecified atom stereocenters. The molecule has 8 heteroatoms. The van der Waals surface area contributed by atoms with Gasteiger partial charge in [-0.2, -0.15) is 0 Å². The van der Waals surface area contributed by atoms with Crippen LogP contribution in [0.2, 0.25) is 10.0 Å². The Labute approximate surface area is 173 Å². The number of carbonyl (C=O) groups is 1. The normalized spacial score (nSPS) is 19.8. The Morgan fingerprint density at radius 3 is 2.50 bits per heavy atom. The Hall–Kier alpha value is -2.15. The lowest BCUT2D eigenvalue weighted by atomic mass is 9.90. The number of nitrogens with zero attached hydrogens (tertiary/aromatic N) is 1. The van der Waals surface area contributed by atoms with Crippen LogP contribution in [0.4, 0.5) is 4.79 Å². The van der Waals surface area contributed by atoms with Crippen LogP contribution in [0.15, 0.2) is 42.5 Å². The van der Waals surface area contributed by atoms with E-state index in [2.05, 4.69) is 0 Å². The number of amides is 1. The van der Waals surface area contributed by atoms with Crippen LogP contribution in [0.1, 0.15) is 12.0 Å². The summed E-state index contributed by atoms with van der Waals surface area (Å²) in [6, 6.07) is 12.5. The maximum atomic E-state index is 11.4. The summed E-state index contributed by atoms with van der Waals surface area (Å²) >= 11 is 12.3. The molecule has 1 aliphatic rings. The van der Waals surface area contributed by atoms with Crippen molar-refractivity contribution in [3.63, 3.8) is 0 Å². The van der Waals surface area contributed by atoms with Gasteiger partial charge < -0.3 is 24.2 Å². The maximum Gasteiger partial charge on any atom is 0.407 e. The van der Waals surface area contributed by atoms with E-state index in [4.69, 9.17) is 37.4 Å². The van der Waals surface area contributed by atoms with Crippen molar-refractivity contribution in [2.75, 3.05) is 33.4 Å². The first kappa shape index (κ1) is 20.6. The monoisotopic (exact) mass is 425 g/mol. The lowest BCUT2D eigenvalue weighted by Crippen LogP contribution is -2.37. The SMILES string of the molecule is COc1ccc(OC[C@@]2(c3ccc(Cl)c(Cl)c3)CCN(C(=O)O)CCO2)cc1. The Morgan fingerprint density at radius 2 is 1.86 bits per heavy atom. The largest absolute Gasteiger partial charge is 0.497 e. The molecule has 0 spiro atoms. The molecule has 28 heavy (non-hydrogen) atoms. The molecule has 1 atom stereocenters. The zero-order valence-electron chi connectivity index (χ0n) is 15.4. The Morgan fingerprint density at radius 1 is 1.14 bits per heavy atom. The molecule has 1 aliphatic heterocycles. The molecule has 1 N–H and O–H groups in total. The fraction of sp³-hybridized carbons (Fsp3) is 0.350. The van der Waals surface area contributed by atoms with E-state index < -0.39 is 11.7 Å². The van der Waals surface area contributed by atoms with Crippen LogP contribution >= 0.6 is 23.2 Å². The molecule has 3 rings (SSSR count). The first-order valence-electron chi connectivity index (χ1n) is 8.78. The van der Waals surface area contributed by atoms with E-state index in [0.717, 1.165) is 11.3 Å². The van der Waals surface area contributed by atoms with Crippen molar-refractivity contribution in [1.82, 2.24) is 4.90 Å². The van der Waals surface area contributed by atoms with Crippen LogP contribution in [-0.2, 0) is 10.3 Å². The molecule has 6 nitrogen and oxygen atoms in total. The highest BCUT2D eigenvalue weighted by molar-refractivity contribution is 6.42. The van der Waals surface area contributed by atoms with E-state index in [1.807, 2.05) is 18.2 Å². The van der Waals surface area contributed by atoms with Crippen molar-refractivity contribution in [3.05, 3.63) is 58.1 Å². The van der Waals surface area contributed by atoms with Gasteiger partial charge in [0.2, 0.25) is 0 Å². The third-order valence-electron chi connectivity index (χ3n) is 4.77. The number of hydrogen-bond donors (Lipinski definition) is 1. The van der Waals surface area contributed by atoms with Gasteiger partial charge in [-0.25, -0.2) is 4.79 Å². The predicted molar refractivity (Wildman–Crippen MR) is 107 cm³/mol. The van der Waals surface area contributed by atoms with Gasteiger partial charge in [0.05, 0.1) is 23.8 Å². The van der Waals surface area contributed by atoms with E-state index in [0.29, 0.717) is 35.3 Å². The molecule has 2 aromatic carbocycles. The van der Waals surface area contributed by atoms with Crippen LogP contribution in [0.5, 0.6) is 11.5 Å². The number of ether oxygens (including phenoxy) is 3. The molecule has 1 saturated heterocycles. The van der Waals surface area contributed by atoms with Crippen LogP contribution in [0.25, 0.3) is 0 Å². The van der Waals surface area contributed by atoms with Gasteiger partial charge >= 0.3 is 6.09 Å². The summed E-state index contributed by atoms with van der Waals surface area (Å²) in [7, 11) is 1.60. The molecular weight excluding hydrogens is 405 g/mol. The third kappa shape index (κ3) is 4.63. The highest BCUT2D eigenvalue weighted by Crippen LogP contribution is 2.36. The van der Waals surface area contributed by atoms with Gasteiger partial charge in [-0.3, -0.25) is 0 Å². The highest BCUT2D eigenvalue weighted by atomic mass is 35.5. The molecular formula is C20H21Cl2NO5. The Balaban J connectivity index is 1.87. The summed E-state index contributed by atoms with van der Waals surface area (Å²) in [5, 5.41) is 10.2. The van der Waals surface area contributed by atoms with Crippen LogP contribution in [-0.4, -0.2) is 49.5 Å². The lowest BCUT2D eigenvalue weighted by Gasteiger charge is -2.33. The molecule has 0 aliphatic carbocycles. The number of hydrogen-bond acceptors (Lipinski definition) is 4. The molecule has 2 aromatic rings. The topological polar surface area (TPSA) is 68.2 Å². The van der Waals surface area contributed by atoms with Crippen molar-refractivity contribution in [2.24, 2.45) is 0 Å². The van der Waals surface area contributed by atoms with Gasteiger partial charge in [-0.05, 0) is 42.0 Å². The van der Waals surface area contributed by atoms with Crippen LogP contribution in [0.3, 0.4) is 0 Å². The van der Waals surface area contributed by atoms with Crippen molar-refractivity contribution >= 4 is 29.3 Å². The van der Waals surface area contributed by atoms with Gasteiger partial charge in [0, 0.05) is 19.5 Å². The van der Waals surface area contributed by atoms with Gasteiger partial charge in [0.1, 0.15) is 23.7 Å². The number of benzene rings is 2. The quantitative estimate of drug-likeness (QED) is 0.752. The average Bonchev–Trinajstić information content (AvgIpc) is 2.92. The minimum absolute atomic E-state index is 0.199. The molecule has 0 bridgehead atoms. The molecule has 0 aromatic heterocycles. The van der Waals surface area contributed by atoms with Crippen molar-refractivity contribution in [3.8, 4) is 11.5 Å². The van der Waals surface area contributed by atoms with E-state index in [-0.39, 0.29) is 13.2 Å². The summed E-state index contributed by atoms with van der Waals surface area (Å²) in [4.78, 5) is 12.7. The van der Waals surface area contributed by atoms with Crippen LogP contribution in [0, 0.1) is 0 Å². The molecule has 0 saturated carbocycles. The second-order valence-electron chi connectivity index (χ2n) is 6.46. The van der Waals surface area contributed by atoms with E-state index in [1.165, 1.54) is 4.90 Å². The molecule has 150 valence electrons. The summed E-state index contributed by atoms with van der Waals surface area (Å²) < 4.78 is 17.3. The summed E-state index contributed by atoms with van der Waals surface area (Å²) in [6.45, 7) is 1.06. The first-order chi connectivity index (χ1) is 13.4. The molecule has 1 heterocycles. The fourth-order valence-electron chi connectivity index (χ4n) is 3.12. The number of methoxy groups -OCH3 is 1. The van der Waals surface area contributed by atoms with Gasteiger partial charge in [0.15, 0.2) is 0 Å². The van der Waals surface area contributed by atoms with Gasteiger partial charge in [0.25, 0.3) is 0 Å². The summed E-state index contributed by atoms with van der Waals surface area (Å²) in [5.74, 6) is 1.39. The van der Waals surface area contributed by atoms with Gasteiger partial charge in [-0.1, -0.05) is 29.3 Å². The fourth-order valence-corrected chi connectivity index (χ4v) is 3.42. The zero-order chi connectivity index (χ0) is 20.1. The lowest BCUT2D eigenvalue weighted by molar-refractivity contribution is -0.0726. The molecule has 1 amide bonds.